The highest BCUT2D eigenvalue weighted by Gasteiger charge is 2.07. The van der Waals surface area contributed by atoms with Crippen molar-refractivity contribution in [3.8, 4) is 11.5 Å². The molecule has 0 unspecified atom stereocenters. The van der Waals surface area contributed by atoms with Crippen LogP contribution < -0.4 is 0 Å². The van der Waals surface area contributed by atoms with Crippen LogP contribution in [0.1, 0.15) is 5.82 Å². The number of nitrogens with zero attached hydrogens (tertiary/aromatic N) is 2. The normalized spacial score (nSPS) is 10.4. The van der Waals surface area contributed by atoms with Crippen molar-refractivity contribution >= 4 is 27.5 Å². The Morgan fingerprint density at radius 1 is 1.43 bits per heavy atom. The van der Waals surface area contributed by atoms with Crippen LogP contribution in [0.4, 0.5) is 0 Å². The van der Waals surface area contributed by atoms with E-state index in [2.05, 4.69) is 26.1 Å². The number of alkyl halides is 1. The third-order valence-electron chi connectivity index (χ3n) is 1.66. The molecule has 0 spiro atoms. The lowest BCUT2D eigenvalue weighted by molar-refractivity contribution is 0.425. The van der Waals surface area contributed by atoms with Gasteiger partial charge >= 0.3 is 0 Å². The first-order chi connectivity index (χ1) is 6.79. The molecule has 0 bridgehead atoms. The van der Waals surface area contributed by atoms with Gasteiger partial charge in [-0.15, -0.1) is 0 Å². The van der Waals surface area contributed by atoms with Crippen LogP contribution in [-0.2, 0) is 5.33 Å². The van der Waals surface area contributed by atoms with E-state index >= 15 is 0 Å². The first-order valence-corrected chi connectivity index (χ1v) is 5.44. The molecule has 0 atom stereocenters. The van der Waals surface area contributed by atoms with E-state index in [1.807, 2.05) is 12.1 Å². The first-order valence-electron chi connectivity index (χ1n) is 3.94. The molecule has 3 nitrogen and oxygen atoms in total. The summed E-state index contributed by atoms with van der Waals surface area (Å²) in [7, 11) is 0. The fraction of sp³-hybridized carbons (Fsp3) is 0.111. The Balaban J connectivity index is 2.39. The summed E-state index contributed by atoms with van der Waals surface area (Å²) in [6, 6.07) is 7.30. The summed E-state index contributed by atoms with van der Waals surface area (Å²) in [5, 5.41) is 5.00. The van der Waals surface area contributed by atoms with Crippen LogP contribution in [0.2, 0.25) is 5.02 Å². The molecule has 1 aromatic carbocycles. The highest BCUT2D eigenvalue weighted by atomic mass is 79.9. The van der Waals surface area contributed by atoms with E-state index in [1.54, 1.807) is 12.1 Å². The maximum absolute atomic E-state index is 5.84. The standard InChI is InChI=1S/C9H6BrClN2O/c10-5-8-12-9(14-13-8)6-2-1-3-7(11)4-6/h1-4H,5H2. The van der Waals surface area contributed by atoms with Gasteiger partial charge in [0, 0.05) is 10.6 Å². The van der Waals surface area contributed by atoms with Crippen LogP contribution >= 0.6 is 27.5 Å². The Morgan fingerprint density at radius 2 is 2.29 bits per heavy atom. The number of rotatable bonds is 2. The molecule has 0 saturated heterocycles. The molecule has 1 aromatic heterocycles. The van der Waals surface area contributed by atoms with Crippen molar-refractivity contribution < 1.29 is 4.52 Å². The van der Waals surface area contributed by atoms with E-state index in [0.29, 0.717) is 22.1 Å². The van der Waals surface area contributed by atoms with Gasteiger partial charge < -0.3 is 4.52 Å². The Bertz CT molecular complexity index is 444. The van der Waals surface area contributed by atoms with Crippen LogP contribution in [0, 0.1) is 0 Å². The summed E-state index contributed by atoms with van der Waals surface area (Å²) in [4.78, 5) is 4.16. The zero-order chi connectivity index (χ0) is 9.97. The van der Waals surface area contributed by atoms with E-state index in [4.69, 9.17) is 16.1 Å². The summed E-state index contributed by atoms with van der Waals surface area (Å²) >= 11 is 9.08. The summed E-state index contributed by atoms with van der Waals surface area (Å²) in [5.41, 5.74) is 0.831. The molecule has 2 rings (SSSR count). The molecule has 0 aliphatic heterocycles. The maximum Gasteiger partial charge on any atom is 0.258 e. The van der Waals surface area contributed by atoms with E-state index in [9.17, 15) is 0 Å². The molecule has 0 amide bonds. The number of benzene rings is 1. The van der Waals surface area contributed by atoms with Gasteiger partial charge in [0.1, 0.15) is 0 Å². The number of aromatic nitrogens is 2. The highest BCUT2D eigenvalue weighted by Crippen LogP contribution is 2.21. The second-order valence-corrected chi connectivity index (χ2v) is 3.66. The average molecular weight is 274 g/mol. The van der Waals surface area contributed by atoms with Crippen molar-refractivity contribution in [2.75, 3.05) is 0 Å². The lowest BCUT2D eigenvalue weighted by Crippen LogP contribution is -1.80. The second kappa shape index (κ2) is 4.11. The smallest absolute Gasteiger partial charge is 0.258 e. The number of hydrogen-bond acceptors (Lipinski definition) is 3. The van der Waals surface area contributed by atoms with Gasteiger partial charge in [0.2, 0.25) is 0 Å². The fourth-order valence-electron chi connectivity index (χ4n) is 1.05. The van der Waals surface area contributed by atoms with Crippen molar-refractivity contribution in [3.63, 3.8) is 0 Å². The lowest BCUT2D eigenvalue weighted by atomic mass is 10.2. The van der Waals surface area contributed by atoms with Crippen molar-refractivity contribution in [3.05, 3.63) is 35.1 Å². The van der Waals surface area contributed by atoms with Gasteiger partial charge in [0.15, 0.2) is 5.82 Å². The molecule has 0 aliphatic rings. The van der Waals surface area contributed by atoms with Gasteiger partial charge in [-0.2, -0.15) is 4.98 Å². The van der Waals surface area contributed by atoms with Crippen LogP contribution in [0.25, 0.3) is 11.5 Å². The minimum atomic E-state index is 0.488. The molecule has 2 aromatic rings. The summed E-state index contributed by atoms with van der Waals surface area (Å²) in [6.45, 7) is 0. The lowest BCUT2D eigenvalue weighted by Gasteiger charge is -1.93. The molecule has 5 heteroatoms. The van der Waals surface area contributed by atoms with E-state index in [0.717, 1.165) is 5.56 Å². The second-order valence-electron chi connectivity index (χ2n) is 2.66. The Hall–Kier alpha value is -0.870. The maximum atomic E-state index is 5.84. The van der Waals surface area contributed by atoms with Crippen LogP contribution in [0.3, 0.4) is 0 Å². The SMILES string of the molecule is Clc1cccc(-c2nc(CBr)no2)c1. The van der Waals surface area contributed by atoms with Crippen LogP contribution in [0.5, 0.6) is 0 Å². The third kappa shape index (κ3) is 1.96. The number of halogens is 2. The summed E-state index contributed by atoms with van der Waals surface area (Å²) in [5.74, 6) is 1.11. The zero-order valence-corrected chi connectivity index (χ0v) is 9.42. The van der Waals surface area contributed by atoms with Crippen LogP contribution in [-0.4, -0.2) is 10.1 Å². The van der Waals surface area contributed by atoms with Gasteiger partial charge in [0.25, 0.3) is 5.89 Å². The van der Waals surface area contributed by atoms with E-state index in [1.165, 1.54) is 0 Å². The average Bonchev–Trinajstić information content (AvgIpc) is 2.66. The Kier molecular flexibility index (Phi) is 2.84. The molecule has 0 radical (unpaired) electrons. The molecule has 1 heterocycles. The molecule has 0 fully saturated rings. The first kappa shape index (κ1) is 9.68. The van der Waals surface area contributed by atoms with Gasteiger partial charge in [-0.3, -0.25) is 0 Å². The molecule has 0 aliphatic carbocycles. The van der Waals surface area contributed by atoms with Gasteiger partial charge in [0.05, 0.1) is 5.33 Å². The summed E-state index contributed by atoms with van der Waals surface area (Å²) < 4.78 is 5.05. The van der Waals surface area contributed by atoms with Gasteiger partial charge in [-0.05, 0) is 18.2 Å². The molecule has 0 saturated carbocycles. The van der Waals surface area contributed by atoms with Crippen molar-refractivity contribution in [2.45, 2.75) is 5.33 Å². The minimum absolute atomic E-state index is 0.488. The topological polar surface area (TPSA) is 38.9 Å². The van der Waals surface area contributed by atoms with Crippen molar-refractivity contribution in [1.29, 1.82) is 0 Å². The van der Waals surface area contributed by atoms with E-state index < -0.39 is 0 Å². The van der Waals surface area contributed by atoms with E-state index in [-0.39, 0.29) is 0 Å². The monoisotopic (exact) mass is 272 g/mol. The van der Waals surface area contributed by atoms with Gasteiger partial charge in [-0.1, -0.05) is 38.8 Å². The van der Waals surface area contributed by atoms with Crippen LogP contribution in [0.15, 0.2) is 28.8 Å². The Morgan fingerprint density at radius 3 is 2.93 bits per heavy atom. The quantitative estimate of drug-likeness (QED) is 0.788. The highest BCUT2D eigenvalue weighted by molar-refractivity contribution is 9.08. The summed E-state index contributed by atoms with van der Waals surface area (Å²) in [6.07, 6.45) is 0. The predicted octanol–water partition coefficient (Wildman–Crippen LogP) is 3.28. The number of hydrogen-bond donors (Lipinski definition) is 0. The fourth-order valence-corrected chi connectivity index (χ4v) is 1.47. The molecule has 72 valence electrons. The van der Waals surface area contributed by atoms with Gasteiger partial charge in [-0.25, -0.2) is 0 Å². The molecule has 14 heavy (non-hydrogen) atoms. The Labute approximate surface area is 94.2 Å². The molecular weight excluding hydrogens is 267 g/mol. The molecular formula is C9H6BrClN2O. The third-order valence-corrected chi connectivity index (χ3v) is 2.40. The van der Waals surface area contributed by atoms with Crippen molar-refractivity contribution in [2.24, 2.45) is 0 Å². The molecule has 0 N–H and O–H groups in total. The largest absolute Gasteiger partial charge is 0.334 e. The predicted molar refractivity (Wildman–Crippen MR) is 57.4 cm³/mol. The minimum Gasteiger partial charge on any atom is -0.334 e. The van der Waals surface area contributed by atoms with Crippen molar-refractivity contribution in [1.82, 2.24) is 10.1 Å². The zero-order valence-electron chi connectivity index (χ0n) is 7.08.